The number of ether oxygens (including phenoxy) is 7. The summed E-state index contributed by atoms with van der Waals surface area (Å²) in [4.78, 5) is 84.0. The molecule has 2 aromatic heterocycles. The fraction of sp³-hybridized carbons (Fsp3) is 0.333. The molecule has 0 spiro atoms. The van der Waals surface area contributed by atoms with E-state index in [0.717, 1.165) is 164 Å². The number of allylic oxidation sites excluding steroid dienone is 2. The summed E-state index contributed by atoms with van der Waals surface area (Å²) < 4.78 is 36.7. The molecule has 7 aromatic carbocycles. The van der Waals surface area contributed by atoms with Crippen LogP contribution in [0.25, 0.3) is 12.2 Å². The molecule has 0 bridgehead atoms. The Labute approximate surface area is 767 Å². The zero-order valence-electron chi connectivity index (χ0n) is 75.2. The second kappa shape index (κ2) is 53.6. The predicted molar refractivity (Wildman–Crippen MR) is 509 cm³/mol. The van der Waals surface area contributed by atoms with Crippen LogP contribution < -0.4 is 14.5 Å². The standard InChI is InChI=1S/C34H38N4O5.C33H38N6O4S.C32H36N6O4S/c1-5-26(20-23-43-34(40)7-3)27-10-19-32(25(4)24-27)38-37-29-13-11-28(12-14-29)35-36-30-15-17-31(18-16-30)41-21-8-9-22-42-33(39)6-2;1-6-22(4)32(41)43-17-15-24-9-11-25(12-10-24)35-36-26-20-29-30(21-26)44-33(34-29)38-37-28-14-13-27(19-23(28)5)39(8-3)16-18-42-31(40)7-2;1-5-22(4)31(40)42-18-16-23-8-10-24(11-9-23)34-36-26-20-28-29(21-26)43-32(33-28)37-35-25-12-14-27(15-13-25)38(7-3)17-19-41-30(39)6-2/h6-7,10-19,24,26H,2-3,5,8-9,20-23H2,1,4H3;7,9-14,19,21-22H,2,6,8,15-18,20H2,1,3-5H3;6,8-15,21-22H,2,5,7,16-20H2,1,3-4H3. The van der Waals surface area contributed by atoms with Gasteiger partial charge in [0.2, 0.25) is 10.3 Å². The summed E-state index contributed by atoms with van der Waals surface area (Å²) in [5, 5.41) is 53.6. The van der Waals surface area contributed by atoms with Crippen LogP contribution in [0.1, 0.15) is 142 Å². The fourth-order valence-electron chi connectivity index (χ4n) is 12.5. The van der Waals surface area contributed by atoms with E-state index in [1.165, 1.54) is 40.4 Å². The van der Waals surface area contributed by atoms with Crippen molar-refractivity contribution in [3.8, 4) is 5.75 Å². The molecule has 0 saturated heterocycles. The highest BCUT2D eigenvalue weighted by Gasteiger charge is 2.22. The Morgan fingerprint density at radius 3 is 1.22 bits per heavy atom. The molecule has 3 atom stereocenters. The molecule has 2 aliphatic carbocycles. The smallest absolute Gasteiger partial charge is 0.330 e. The first-order valence-electron chi connectivity index (χ1n) is 43.3. The summed E-state index contributed by atoms with van der Waals surface area (Å²) in [5.74, 6) is -1.07. The van der Waals surface area contributed by atoms with Crippen LogP contribution in [0.3, 0.4) is 0 Å². The second-order valence-corrected chi connectivity index (χ2v) is 31.9. The third-order valence-electron chi connectivity index (χ3n) is 20.6. The van der Waals surface area contributed by atoms with E-state index in [0.29, 0.717) is 112 Å². The van der Waals surface area contributed by atoms with Crippen molar-refractivity contribution in [2.24, 2.45) is 73.2 Å². The molecular formula is C99H112N16O13S2. The SMILES string of the molecule is C=CC(=O)OCCCCOc1ccc(N=Nc2ccc(N=Nc3ccc(C(CC)CCOC(=O)C=C)cc3C)cc2)cc1.C=CC(=O)OCCN(CC)c1ccc(N=Nc2nc3c(s2)C=C(N=Nc2ccc(CCOC(=O)C(C)CC)cc2)C3)c(C)c1.C=CC(=O)OCCN(CC)c1ccc(N=Nc2nc3c(s2)C=C(N=Nc2ccc(CCOC(=O)C(C)CC)cc2)C3)cc1. The lowest BCUT2D eigenvalue weighted by Crippen LogP contribution is -2.27. The molecule has 0 amide bonds. The number of fused-ring (bicyclic) bond motifs is 2. The molecule has 11 rings (SSSR count). The molecule has 678 valence electrons. The van der Waals surface area contributed by atoms with E-state index in [1.54, 1.807) is 0 Å². The number of carbonyl (C=O) groups is 6. The van der Waals surface area contributed by atoms with Crippen molar-refractivity contribution in [3.63, 3.8) is 0 Å². The van der Waals surface area contributed by atoms with E-state index in [2.05, 4.69) is 133 Å². The van der Waals surface area contributed by atoms with Gasteiger partial charge in [-0.15, -0.1) is 20.5 Å². The van der Waals surface area contributed by atoms with Crippen LogP contribution in [0.2, 0.25) is 0 Å². The Morgan fingerprint density at radius 2 is 0.785 bits per heavy atom. The number of azo groups is 6. The molecule has 3 unspecified atom stereocenters. The van der Waals surface area contributed by atoms with Crippen molar-refractivity contribution in [1.29, 1.82) is 0 Å². The maximum Gasteiger partial charge on any atom is 0.330 e. The third kappa shape index (κ3) is 33.4. The van der Waals surface area contributed by atoms with Gasteiger partial charge >= 0.3 is 35.8 Å². The molecular weight excluding hydrogens is 1690 g/mol. The number of aromatic nitrogens is 2. The van der Waals surface area contributed by atoms with Crippen molar-refractivity contribution in [3.05, 3.63) is 269 Å². The highest BCUT2D eigenvalue weighted by atomic mass is 32.1. The van der Waals surface area contributed by atoms with Gasteiger partial charge in [0.25, 0.3) is 0 Å². The highest BCUT2D eigenvalue weighted by molar-refractivity contribution is 7.16. The number of carbonyl (C=O) groups excluding carboxylic acids is 6. The number of hydrogen-bond acceptors (Lipinski definition) is 31. The average molecular weight is 1800 g/mol. The zero-order chi connectivity index (χ0) is 92.9. The monoisotopic (exact) mass is 1800 g/mol. The number of anilines is 2. The van der Waals surface area contributed by atoms with E-state index in [9.17, 15) is 28.8 Å². The van der Waals surface area contributed by atoms with Crippen LogP contribution in [0.4, 0.5) is 67.1 Å². The predicted octanol–water partition coefficient (Wildman–Crippen LogP) is 25.5. The van der Waals surface area contributed by atoms with Crippen molar-refractivity contribution >= 4 is 138 Å². The summed E-state index contributed by atoms with van der Waals surface area (Å²) in [6.45, 7) is 36.8. The normalized spacial score (nSPS) is 12.7. The molecule has 130 heavy (non-hydrogen) atoms. The summed E-state index contributed by atoms with van der Waals surface area (Å²) in [5.41, 5.74) is 16.8. The minimum absolute atomic E-state index is 0.0691. The maximum absolute atomic E-state index is 11.8. The molecule has 29 nitrogen and oxygen atoms in total. The number of esters is 6. The number of thiazole rings is 2. The van der Waals surface area contributed by atoms with Gasteiger partial charge in [-0.3, -0.25) is 9.59 Å². The first kappa shape index (κ1) is 99.8. The molecule has 0 fully saturated rings. The number of likely N-dealkylation sites (N-methyl/N-ethyl adjacent to an activating group) is 2. The number of hydrogen-bond donors (Lipinski definition) is 0. The Hall–Kier alpha value is -13.9. The van der Waals surface area contributed by atoms with E-state index in [1.807, 2.05) is 206 Å². The minimum Gasteiger partial charge on any atom is -0.494 e. The Bertz CT molecular complexity index is 5550. The number of aryl methyl sites for hydroxylation is 2. The summed E-state index contributed by atoms with van der Waals surface area (Å²) >= 11 is 2.93. The van der Waals surface area contributed by atoms with Crippen LogP contribution in [-0.4, -0.2) is 118 Å². The van der Waals surface area contributed by atoms with Crippen molar-refractivity contribution in [1.82, 2.24) is 9.97 Å². The van der Waals surface area contributed by atoms with Gasteiger partial charge in [-0.1, -0.05) is 120 Å². The lowest BCUT2D eigenvalue weighted by molar-refractivity contribution is -0.148. The number of benzene rings is 7. The van der Waals surface area contributed by atoms with Gasteiger partial charge in [-0.25, -0.2) is 29.1 Å². The molecule has 0 saturated carbocycles. The molecule has 0 aliphatic heterocycles. The largest absolute Gasteiger partial charge is 0.494 e. The first-order valence-corrected chi connectivity index (χ1v) is 44.9. The van der Waals surface area contributed by atoms with Gasteiger partial charge in [0, 0.05) is 74.5 Å². The Kier molecular flexibility index (Phi) is 41.2. The van der Waals surface area contributed by atoms with Crippen LogP contribution in [0, 0.1) is 25.7 Å². The van der Waals surface area contributed by atoms with E-state index >= 15 is 0 Å². The van der Waals surface area contributed by atoms with Crippen molar-refractivity contribution in [2.75, 3.05) is 82.2 Å². The van der Waals surface area contributed by atoms with Gasteiger partial charge in [-0.2, -0.15) is 40.9 Å². The van der Waals surface area contributed by atoms with E-state index < -0.39 is 23.9 Å². The molecule has 2 aliphatic rings. The van der Waals surface area contributed by atoms with Crippen LogP contribution in [0.15, 0.2) is 281 Å². The van der Waals surface area contributed by atoms with Crippen molar-refractivity contribution < 1.29 is 61.9 Å². The number of rotatable bonds is 47. The van der Waals surface area contributed by atoms with E-state index in [-0.39, 0.29) is 29.7 Å². The van der Waals surface area contributed by atoms with Gasteiger partial charge in [0.15, 0.2) is 0 Å². The average Bonchev–Trinajstić information content (AvgIpc) is 1.67. The fourth-order valence-corrected chi connectivity index (χ4v) is 14.2. The second-order valence-electron chi connectivity index (χ2n) is 29.9. The highest BCUT2D eigenvalue weighted by Crippen LogP contribution is 2.39. The molecule has 0 radical (unpaired) electrons. The van der Waals surface area contributed by atoms with E-state index in [4.69, 9.17) is 33.2 Å². The molecule has 31 heteroatoms. The first-order chi connectivity index (χ1) is 63.1. The summed E-state index contributed by atoms with van der Waals surface area (Å²) in [7, 11) is 0. The quantitative estimate of drug-likeness (QED) is 0.0112. The van der Waals surface area contributed by atoms with Gasteiger partial charge in [-0.05, 0) is 233 Å². The number of nitrogens with zero attached hydrogens (tertiary/aromatic N) is 16. The van der Waals surface area contributed by atoms with Crippen LogP contribution in [0.5, 0.6) is 5.75 Å². The summed E-state index contributed by atoms with van der Waals surface area (Å²) in [6.07, 6.45) is 15.9. The number of unbranched alkanes of at least 4 members (excludes halogenated alkanes) is 1. The lowest BCUT2D eigenvalue weighted by atomic mass is 9.92. The van der Waals surface area contributed by atoms with Crippen molar-refractivity contribution in [2.45, 2.75) is 132 Å². The lowest BCUT2D eigenvalue weighted by Gasteiger charge is -2.23. The van der Waals surface area contributed by atoms with Gasteiger partial charge < -0.3 is 43.0 Å². The maximum atomic E-state index is 11.8. The topological polar surface area (TPSA) is 348 Å². The Balaban J connectivity index is 0.000000220. The van der Waals surface area contributed by atoms with Gasteiger partial charge in [0.05, 0.1) is 136 Å². The zero-order valence-corrected chi connectivity index (χ0v) is 76.8. The molecule has 2 heterocycles. The molecule has 9 aromatic rings. The van der Waals surface area contributed by atoms with Gasteiger partial charge in [0.1, 0.15) is 19.0 Å². The Morgan fingerprint density at radius 1 is 0.408 bits per heavy atom. The molecule has 0 N–H and O–H groups in total. The summed E-state index contributed by atoms with van der Waals surface area (Å²) in [6, 6.07) is 50.1. The van der Waals surface area contributed by atoms with Crippen LogP contribution >= 0.6 is 22.7 Å². The minimum atomic E-state index is -0.423. The van der Waals surface area contributed by atoms with Crippen LogP contribution in [-0.2, 0) is 82.9 Å². The third-order valence-corrected chi connectivity index (χ3v) is 22.4.